The van der Waals surface area contributed by atoms with Crippen LogP contribution in [0.25, 0.3) is 21.8 Å². The molecule has 0 aliphatic heterocycles. The maximum absolute atomic E-state index is 12.4. The van der Waals surface area contributed by atoms with E-state index in [9.17, 15) is 4.79 Å². The first-order valence-electron chi connectivity index (χ1n) is 8.22. The molecule has 0 fully saturated rings. The summed E-state index contributed by atoms with van der Waals surface area (Å²) in [6, 6.07) is 18.3. The normalized spacial score (nSPS) is 10.6. The Balaban J connectivity index is 1.55. The summed E-state index contributed by atoms with van der Waals surface area (Å²) >= 11 is 7.45. The maximum atomic E-state index is 12.4. The molecular weight excluding hydrogens is 378 g/mol. The largest absolute Gasteiger partial charge is 0.322 e. The predicted molar refractivity (Wildman–Crippen MR) is 110 cm³/mol. The number of rotatable bonds is 4. The quantitative estimate of drug-likeness (QED) is 0.480. The first kappa shape index (κ1) is 17.4. The molecule has 4 nitrogen and oxygen atoms in total. The summed E-state index contributed by atoms with van der Waals surface area (Å²) in [5, 5.41) is 6.45. The number of anilines is 1. The molecule has 132 valence electrons. The number of hydrogen-bond acceptors (Lipinski definition) is 4. The topological polar surface area (TPSA) is 54.9 Å². The monoisotopic (exact) mass is 391 g/mol. The van der Waals surface area contributed by atoms with Gasteiger partial charge < -0.3 is 5.32 Å². The number of nitrogens with one attached hydrogen (secondary N) is 1. The summed E-state index contributed by atoms with van der Waals surface area (Å²) in [5.74, 6) is -0.181. The second-order valence-corrected chi connectivity index (χ2v) is 7.11. The number of carbonyl (C=O) groups is 1. The van der Waals surface area contributed by atoms with E-state index in [4.69, 9.17) is 16.6 Å². The van der Waals surface area contributed by atoms with Gasteiger partial charge in [-0.25, -0.2) is 4.98 Å². The van der Waals surface area contributed by atoms with Gasteiger partial charge in [-0.3, -0.25) is 9.78 Å². The van der Waals surface area contributed by atoms with Crippen molar-refractivity contribution in [2.24, 2.45) is 0 Å². The lowest BCUT2D eigenvalue weighted by atomic mass is 10.1. The fraction of sp³-hybridized carbons (Fsp3) is 0. The van der Waals surface area contributed by atoms with Crippen LogP contribution in [-0.4, -0.2) is 15.9 Å². The average molecular weight is 392 g/mol. The molecule has 0 unspecified atom stereocenters. The van der Waals surface area contributed by atoms with Crippen LogP contribution in [0.2, 0.25) is 5.02 Å². The SMILES string of the molecule is O=C(Nc1cccc(-c2csc(-c3ccncc3)n2)c1)c1ccc(Cl)cc1. The minimum absolute atomic E-state index is 0.181. The van der Waals surface area contributed by atoms with Gasteiger partial charge >= 0.3 is 0 Å². The molecule has 0 spiro atoms. The van der Waals surface area contributed by atoms with Crippen LogP contribution in [0.5, 0.6) is 0 Å². The molecule has 0 atom stereocenters. The molecule has 4 rings (SSSR count). The van der Waals surface area contributed by atoms with E-state index in [-0.39, 0.29) is 5.91 Å². The standard InChI is InChI=1S/C21H14ClN3OS/c22-17-6-4-14(5-7-17)20(26)24-18-3-1-2-16(12-18)19-13-27-21(25-19)15-8-10-23-11-9-15/h1-13H,(H,24,26). The number of carbonyl (C=O) groups excluding carboxylic acids is 1. The predicted octanol–water partition coefficient (Wildman–Crippen LogP) is 5.78. The van der Waals surface area contributed by atoms with Gasteiger partial charge in [-0.15, -0.1) is 11.3 Å². The van der Waals surface area contributed by atoms with Crippen molar-refractivity contribution in [3.63, 3.8) is 0 Å². The van der Waals surface area contributed by atoms with Gasteiger partial charge in [0.1, 0.15) is 5.01 Å². The highest BCUT2D eigenvalue weighted by Gasteiger charge is 2.09. The average Bonchev–Trinajstić information content (AvgIpc) is 3.20. The molecule has 2 aromatic heterocycles. The third kappa shape index (κ3) is 4.05. The van der Waals surface area contributed by atoms with Crippen LogP contribution in [0.1, 0.15) is 10.4 Å². The molecule has 0 saturated carbocycles. The summed E-state index contributed by atoms with van der Waals surface area (Å²) in [6.07, 6.45) is 3.51. The number of amides is 1. The van der Waals surface area contributed by atoms with Gasteiger partial charge in [-0.2, -0.15) is 0 Å². The molecule has 0 aliphatic carbocycles. The van der Waals surface area contributed by atoms with Crippen molar-refractivity contribution in [3.05, 3.63) is 89.0 Å². The van der Waals surface area contributed by atoms with Gasteiger partial charge in [0.25, 0.3) is 5.91 Å². The molecule has 0 bridgehead atoms. The van der Waals surface area contributed by atoms with Crippen molar-refractivity contribution in [1.82, 2.24) is 9.97 Å². The van der Waals surface area contributed by atoms with Crippen LogP contribution in [0, 0.1) is 0 Å². The Hall–Kier alpha value is -3.02. The Bertz CT molecular complexity index is 1080. The summed E-state index contributed by atoms with van der Waals surface area (Å²) in [6.45, 7) is 0. The second-order valence-electron chi connectivity index (χ2n) is 5.82. The molecule has 6 heteroatoms. The zero-order valence-corrected chi connectivity index (χ0v) is 15.7. The Kier molecular flexibility index (Phi) is 4.96. The maximum Gasteiger partial charge on any atom is 0.255 e. The Morgan fingerprint density at radius 2 is 1.74 bits per heavy atom. The van der Waals surface area contributed by atoms with Crippen molar-refractivity contribution in [1.29, 1.82) is 0 Å². The molecule has 2 heterocycles. The van der Waals surface area contributed by atoms with Gasteiger partial charge in [0, 0.05) is 45.2 Å². The number of nitrogens with zero attached hydrogens (tertiary/aromatic N) is 2. The van der Waals surface area contributed by atoms with Crippen molar-refractivity contribution in [2.75, 3.05) is 5.32 Å². The summed E-state index contributed by atoms with van der Waals surface area (Å²) in [7, 11) is 0. The van der Waals surface area contributed by atoms with Crippen molar-refractivity contribution >= 4 is 34.5 Å². The summed E-state index contributed by atoms with van der Waals surface area (Å²) in [5.41, 5.74) is 4.12. The Morgan fingerprint density at radius 3 is 2.52 bits per heavy atom. The van der Waals surface area contributed by atoms with E-state index in [2.05, 4.69) is 10.3 Å². The number of aromatic nitrogens is 2. The molecule has 2 aromatic carbocycles. The van der Waals surface area contributed by atoms with Crippen molar-refractivity contribution < 1.29 is 4.79 Å². The van der Waals surface area contributed by atoms with E-state index in [0.717, 1.165) is 21.8 Å². The minimum atomic E-state index is -0.181. The van der Waals surface area contributed by atoms with Crippen molar-refractivity contribution in [2.45, 2.75) is 0 Å². The lowest BCUT2D eigenvalue weighted by molar-refractivity contribution is 0.102. The van der Waals surface area contributed by atoms with E-state index < -0.39 is 0 Å². The fourth-order valence-electron chi connectivity index (χ4n) is 2.59. The van der Waals surface area contributed by atoms with E-state index in [1.165, 1.54) is 0 Å². The van der Waals surface area contributed by atoms with E-state index in [1.54, 1.807) is 48.0 Å². The zero-order valence-electron chi connectivity index (χ0n) is 14.1. The van der Waals surface area contributed by atoms with E-state index in [0.29, 0.717) is 16.3 Å². The lowest BCUT2D eigenvalue weighted by Crippen LogP contribution is -2.11. The van der Waals surface area contributed by atoms with Gasteiger partial charge in [0.15, 0.2) is 0 Å². The van der Waals surface area contributed by atoms with Gasteiger partial charge in [-0.05, 0) is 48.5 Å². The highest BCUT2D eigenvalue weighted by Crippen LogP contribution is 2.29. The highest BCUT2D eigenvalue weighted by molar-refractivity contribution is 7.13. The van der Waals surface area contributed by atoms with Crippen LogP contribution < -0.4 is 5.32 Å². The second kappa shape index (κ2) is 7.70. The Morgan fingerprint density at radius 1 is 0.963 bits per heavy atom. The number of benzene rings is 2. The molecule has 1 amide bonds. The third-order valence-corrected chi connectivity index (χ3v) is 5.10. The van der Waals surface area contributed by atoms with Crippen LogP contribution in [0.3, 0.4) is 0 Å². The smallest absolute Gasteiger partial charge is 0.255 e. The molecule has 0 saturated heterocycles. The number of thiazole rings is 1. The number of hydrogen-bond donors (Lipinski definition) is 1. The first-order chi connectivity index (χ1) is 13.2. The number of halogens is 1. The fourth-order valence-corrected chi connectivity index (χ4v) is 3.56. The van der Waals surface area contributed by atoms with E-state index >= 15 is 0 Å². The summed E-state index contributed by atoms with van der Waals surface area (Å²) < 4.78 is 0. The van der Waals surface area contributed by atoms with Crippen molar-refractivity contribution in [3.8, 4) is 21.8 Å². The number of pyridine rings is 1. The summed E-state index contributed by atoms with van der Waals surface area (Å²) in [4.78, 5) is 21.1. The Labute approximate surface area is 165 Å². The molecular formula is C21H14ClN3OS. The van der Waals surface area contributed by atoms with Crippen LogP contribution in [0.15, 0.2) is 78.4 Å². The molecule has 0 aliphatic rings. The zero-order chi connectivity index (χ0) is 18.6. The highest BCUT2D eigenvalue weighted by atomic mass is 35.5. The van der Waals surface area contributed by atoms with Crippen LogP contribution in [-0.2, 0) is 0 Å². The van der Waals surface area contributed by atoms with Crippen LogP contribution >= 0.6 is 22.9 Å². The van der Waals surface area contributed by atoms with Gasteiger partial charge in [0.05, 0.1) is 5.69 Å². The molecule has 4 aromatic rings. The first-order valence-corrected chi connectivity index (χ1v) is 9.48. The third-order valence-electron chi connectivity index (χ3n) is 3.95. The van der Waals surface area contributed by atoms with Gasteiger partial charge in [0.2, 0.25) is 0 Å². The lowest BCUT2D eigenvalue weighted by Gasteiger charge is -2.07. The van der Waals surface area contributed by atoms with Crippen LogP contribution in [0.4, 0.5) is 5.69 Å². The van der Waals surface area contributed by atoms with Gasteiger partial charge in [-0.1, -0.05) is 23.7 Å². The molecule has 27 heavy (non-hydrogen) atoms. The molecule has 1 N–H and O–H groups in total. The van der Waals surface area contributed by atoms with E-state index in [1.807, 2.05) is 41.8 Å². The minimum Gasteiger partial charge on any atom is -0.322 e. The molecule has 0 radical (unpaired) electrons.